The van der Waals surface area contributed by atoms with E-state index in [1.807, 2.05) is 23.1 Å². The normalized spacial score (nSPS) is 22.3. The number of halogens is 2. The molecule has 0 aliphatic carbocycles. The Hall–Kier alpha value is -3.14. The molecule has 2 amide bonds. The third-order valence-electron chi connectivity index (χ3n) is 6.54. The number of rotatable bonds is 6. The highest BCUT2D eigenvalue weighted by atomic mass is 19.1. The van der Waals surface area contributed by atoms with E-state index < -0.39 is 19.4 Å². The zero-order valence-electron chi connectivity index (χ0n) is 18.3. The van der Waals surface area contributed by atoms with Crippen molar-refractivity contribution in [3.63, 3.8) is 0 Å². The lowest BCUT2D eigenvalue weighted by molar-refractivity contribution is 0.133. The Morgan fingerprint density at radius 1 is 1.18 bits per heavy atom. The van der Waals surface area contributed by atoms with Gasteiger partial charge in [0, 0.05) is 36.0 Å². The lowest BCUT2D eigenvalue weighted by Crippen LogP contribution is -2.54. The quantitative estimate of drug-likeness (QED) is 0.582. The third-order valence-corrected chi connectivity index (χ3v) is 6.54. The fourth-order valence-electron chi connectivity index (χ4n) is 5.04. The fraction of sp³-hybridized carbons (Fsp3) is 0.478. The van der Waals surface area contributed by atoms with E-state index >= 15 is 0 Å². The summed E-state index contributed by atoms with van der Waals surface area (Å²) in [6.07, 6.45) is 4.81. The zero-order chi connectivity index (χ0) is 22.9. The molecule has 3 atom stereocenters. The maximum Gasteiger partial charge on any atom is 0.323 e. The Labute approximate surface area is 189 Å². The monoisotopic (exact) mass is 456 g/mol. The van der Waals surface area contributed by atoms with Gasteiger partial charge >= 0.3 is 6.03 Å². The molecule has 2 bridgehead atoms. The van der Waals surface area contributed by atoms with Gasteiger partial charge in [-0.1, -0.05) is 0 Å². The van der Waals surface area contributed by atoms with Crippen molar-refractivity contribution in [2.45, 2.75) is 56.8 Å². The molecule has 2 saturated heterocycles. The predicted molar refractivity (Wildman–Crippen MR) is 119 cm³/mol. The van der Waals surface area contributed by atoms with Crippen LogP contribution in [0.25, 0.3) is 22.2 Å². The number of benzene rings is 1. The minimum absolute atomic E-state index is 0.0154. The van der Waals surface area contributed by atoms with Gasteiger partial charge in [-0.15, -0.1) is 10.2 Å². The maximum atomic E-state index is 13.1. The molecule has 2 aliphatic rings. The summed E-state index contributed by atoms with van der Waals surface area (Å²) in [5, 5.41) is 15.1. The second-order valence-corrected chi connectivity index (χ2v) is 8.81. The van der Waals surface area contributed by atoms with Gasteiger partial charge in [-0.25, -0.2) is 18.6 Å². The topological polar surface area (TPSA) is 96.2 Å². The van der Waals surface area contributed by atoms with Crippen molar-refractivity contribution in [1.29, 1.82) is 0 Å². The molecule has 2 fully saturated rings. The second-order valence-electron chi connectivity index (χ2n) is 8.81. The van der Waals surface area contributed by atoms with Crippen LogP contribution >= 0.6 is 0 Å². The number of piperidine rings is 1. The number of aryl methyl sites for hydroxylation is 1. The molecule has 2 aromatic heterocycles. The molecule has 4 heterocycles. The molecule has 10 heteroatoms. The number of nitrogens with one attached hydrogen (secondary N) is 2. The molecule has 8 nitrogen and oxygen atoms in total. The number of alkyl halides is 2. The lowest BCUT2D eigenvalue weighted by atomic mass is 9.97. The van der Waals surface area contributed by atoms with Crippen molar-refractivity contribution in [3.8, 4) is 11.3 Å². The Balaban J connectivity index is 1.29. The Morgan fingerprint density at radius 2 is 1.94 bits per heavy atom. The van der Waals surface area contributed by atoms with Crippen molar-refractivity contribution in [2.75, 3.05) is 18.7 Å². The number of anilines is 1. The van der Waals surface area contributed by atoms with Crippen LogP contribution in [0.4, 0.5) is 19.4 Å². The summed E-state index contributed by atoms with van der Waals surface area (Å²) in [4.78, 5) is 19.1. The van der Waals surface area contributed by atoms with E-state index in [2.05, 4.69) is 25.8 Å². The molecule has 5 rings (SSSR count). The van der Waals surface area contributed by atoms with E-state index in [1.54, 1.807) is 19.2 Å². The van der Waals surface area contributed by atoms with Crippen molar-refractivity contribution in [1.82, 2.24) is 25.4 Å². The first-order valence-electron chi connectivity index (χ1n) is 11.2. The van der Waals surface area contributed by atoms with E-state index in [0.29, 0.717) is 35.8 Å². The van der Waals surface area contributed by atoms with E-state index in [9.17, 15) is 13.6 Å². The van der Waals surface area contributed by atoms with E-state index in [4.69, 9.17) is 4.42 Å². The number of carbonyl (C=O) groups is 1. The summed E-state index contributed by atoms with van der Waals surface area (Å²) in [5.41, 5.74) is 1.57. The van der Waals surface area contributed by atoms with Gasteiger partial charge in [0.1, 0.15) is 13.3 Å². The number of urea groups is 1. The summed E-state index contributed by atoms with van der Waals surface area (Å²) >= 11 is 0. The molecule has 0 spiro atoms. The minimum Gasteiger partial charge on any atom is -0.441 e. The third kappa shape index (κ3) is 4.39. The van der Waals surface area contributed by atoms with Crippen LogP contribution in [0.2, 0.25) is 0 Å². The highest BCUT2D eigenvalue weighted by molar-refractivity contribution is 5.92. The van der Waals surface area contributed by atoms with Crippen molar-refractivity contribution in [2.24, 2.45) is 0 Å². The van der Waals surface area contributed by atoms with Crippen LogP contribution < -0.4 is 10.6 Å². The van der Waals surface area contributed by atoms with Gasteiger partial charge in [0.15, 0.2) is 17.5 Å². The smallest absolute Gasteiger partial charge is 0.323 e. The van der Waals surface area contributed by atoms with Gasteiger partial charge in [0.2, 0.25) is 0 Å². The van der Waals surface area contributed by atoms with Crippen LogP contribution in [-0.4, -0.2) is 63.6 Å². The number of nitrogens with zero attached hydrogens (tertiary/aromatic N) is 4. The van der Waals surface area contributed by atoms with Gasteiger partial charge in [-0.3, -0.25) is 5.32 Å². The first-order valence-corrected chi connectivity index (χ1v) is 11.2. The Bertz CT molecular complexity index is 1140. The standard InChI is InChI=1S/C23H26F2N6O2/c1-13-26-12-21(33-13)14-2-5-20-15(6-14)7-22(30-29-20)28-23(32)31-18-3-4-19(31)9-16(8-18)27-17(10-24)11-25/h2,5-7,12,16-19,27H,3-4,8-11H2,1H3,(H,28,30,32)/t16?,18-,19+. The van der Waals surface area contributed by atoms with Crippen molar-refractivity contribution in [3.05, 3.63) is 36.4 Å². The van der Waals surface area contributed by atoms with Gasteiger partial charge in [-0.2, -0.15) is 0 Å². The van der Waals surface area contributed by atoms with E-state index in [0.717, 1.165) is 23.8 Å². The van der Waals surface area contributed by atoms with Crippen molar-refractivity contribution >= 4 is 22.8 Å². The number of hydrogen-bond donors (Lipinski definition) is 2. The van der Waals surface area contributed by atoms with Crippen LogP contribution in [0, 0.1) is 6.92 Å². The molecule has 174 valence electrons. The highest BCUT2D eigenvalue weighted by Gasteiger charge is 2.43. The average Bonchev–Trinajstić information content (AvgIpc) is 3.37. The Kier molecular flexibility index (Phi) is 5.92. The molecule has 2 aliphatic heterocycles. The predicted octanol–water partition coefficient (Wildman–Crippen LogP) is 4.02. The fourth-order valence-corrected chi connectivity index (χ4v) is 5.04. The number of aromatic nitrogens is 3. The molecule has 1 aromatic carbocycles. The Morgan fingerprint density at radius 3 is 2.61 bits per heavy atom. The van der Waals surface area contributed by atoms with Gasteiger partial charge < -0.3 is 14.6 Å². The number of oxazole rings is 1. The molecular formula is C23H26F2N6O2. The summed E-state index contributed by atoms with van der Waals surface area (Å²) < 4.78 is 31.4. The molecule has 33 heavy (non-hydrogen) atoms. The lowest BCUT2D eigenvalue weighted by Gasteiger charge is -2.39. The van der Waals surface area contributed by atoms with Crippen LogP contribution in [0.3, 0.4) is 0 Å². The summed E-state index contributed by atoms with van der Waals surface area (Å²) in [6.45, 7) is 0.325. The highest BCUT2D eigenvalue weighted by Crippen LogP contribution is 2.36. The van der Waals surface area contributed by atoms with Crippen LogP contribution in [-0.2, 0) is 0 Å². The first-order chi connectivity index (χ1) is 16.0. The number of hydrogen-bond acceptors (Lipinski definition) is 6. The van der Waals surface area contributed by atoms with Crippen molar-refractivity contribution < 1.29 is 18.0 Å². The zero-order valence-corrected chi connectivity index (χ0v) is 18.3. The molecular weight excluding hydrogens is 430 g/mol. The van der Waals surface area contributed by atoms with Crippen LogP contribution in [0.15, 0.2) is 34.9 Å². The second kappa shape index (κ2) is 9.01. The molecule has 3 aromatic rings. The average molecular weight is 456 g/mol. The summed E-state index contributed by atoms with van der Waals surface area (Å²) in [6, 6.07) is 6.55. The number of carbonyl (C=O) groups excluding carboxylic acids is 1. The molecule has 0 radical (unpaired) electrons. The van der Waals surface area contributed by atoms with E-state index in [-0.39, 0.29) is 24.2 Å². The van der Waals surface area contributed by atoms with E-state index in [1.165, 1.54) is 0 Å². The molecule has 0 saturated carbocycles. The van der Waals surface area contributed by atoms with Gasteiger partial charge in [-0.05, 0) is 49.9 Å². The van der Waals surface area contributed by atoms with Crippen LogP contribution in [0.5, 0.6) is 0 Å². The summed E-state index contributed by atoms with van der Waals surface area (Å²) in [7, 11) is 0. The van der Waals surface area contributed by atoms with Gasteiger partial charge in [0.05, 0.1) is 17.8 Å². The SMILES string of the molecule is Cc1ncc(-c2ccc3nnc(NC(=O)N4[C@@H]5CC[C@H]4CC(NC(CF)CF)C5)cc3c2)o1. The van der Waals surface area contributed by atoms with Crippen LogP contribution in [0.1, 0.15) is 31.6 Å². The first kappa shape index (κ1) is 21.7. The minimum atomic E-state index is -0.770. The molecule has 2 N–H and O–H groups in total. The maximum absolute atomic E-state index is 13.1. The van der Waals surface area contributed by atoms with Gasteiger partial charge in [0.25, 0.3) is 0 Å². The largest absolute Gasteiger partial charge is 0.441 e. The number of fused-ring (bicyclic) bond motifs is 3. The number of amides is 2. The summed E-state index contributed by atoms with van der Waals surface area (Å²) in [5.74, 6) is 1.62. The molecule has 1 unspecified atom stereocenters.